The van der Waals surface area contributed by atoms with E-state index in [2.05, 4.69) is 30.2 Å². The molecular weight excluding hydrogens is 392 g/mol. The third-order valence-corrected chi connectivity index (χ3v) is 9.09. The van der Waals surface area contributed by atoms with Crippen molar-refractivity contribution < 1.29 is 19.9 Å². The van der Waals surface area contributed by atoms with Gasteiger partial charge < -0.3 is 19.9 Å². The molecular formula is C25H40N2O4. The largest absolute Gasteiger partial charge is 0.396 e. The molecule has 2 N–H and O–H groups in total. The molecule has 0 aromatic rings. The lowest BCUT2D eigenvalue weighted by molar-refractivity contribution is -0.121. The monoisotopic (exact) mass is 432 g/mol. The second-order valence-corrected chi connectivity index (χ2v) is 10.5. The number of aliphatic hydroxyl groups is 2. The van der Waals surface area contributed by atoms with Gasteiger partial charge in [0.15, 0.2) is 0 Å². The molecule has 0 spiro atoms. The third kappa shape index (κ3) is 3.74. The van der Waals surface area contributed by atoms with E-state index in [4.69, 9.17) is 9.68 Å². The van der Waals surface area contributed by atoms with E-state index in [-0.39, 0.29) is 29.5 Å². The first kappa shape index (κ1) is 22.8. The summed E-state index contributed by atoms with van der Waals surface area (Å²) in [7, 11) is 0. The van der Waals surface area contributed by atoms with E-state index < -0.39 is 0 Å². The Morgan fingerprint density at radius 2 is 1.90 bits per heavy atom. The molecule has 6 nitrogen and oxygen atoms in total. The van der Waals surface area contributed by atoms with Gasteiger partial charge in [0.25, 0.3) is 0 Å². The van der Waals surface area contributed by atoms with Crippen LogP contribution in [0.1, 0.15) is 72.6 Å². The molecule has 31 heavy (non-hydrogen) atoms. The summed E-state index contributed by atoms with van der Waals surface area (Å²) in [5.74, 6) is 1.55. The van der Waals surface area contributed by atoms with Crippen LogP contribution in [0.4, 0.5) is 0 Å². The maximum atomic E-state index is 11.6. The Kier molecular flexibility index (Phi) is 6.51. The molecule has 0 aromatic carbocycles. The van der Waals surface area contributed by atoms with Crippen LogP contribution in [0.3, 0.4) is 0 Å². The number of hydrogen-bond donors (Lipinski definition) is 2. The lowest BCUT2D eigenvalue weighted by atomic mass is 9.46. The molecule has 0 aliphatic heterocycles. The number of fused-ring (bicyclic) bond motifs is 5. The summed E-state index contributed by atoms with van der Waals surface area (Å²) in [6, 6.07) is 0. The normalized spacial score (nSPS) is 43.7. The zero-order chi connectivity index (χ0) is 22.2. The molecule has 0 aromatic heterocycles. The quantitative estimate of drug-likeness (QED) is 0.484. The van der Waals surface area contributed by atoms with Gasteiger partial charge in [0, 0.05) is 5.92 Å². The minimum Gasteiger partial charge on any atom is -0.396 e. The summed E-state index contributed by atoms with van der Waals surface area (Å²) in [4.78, 5) is 10.6. The molecule has 3 fully saturated rings. The predicted octanol–water partition coefficient (Wildman–Crippen LogP) is 4.31. The first-order chi connectivity index (χ1) is 14.9. The summed E-state index contributed by atoms with van der Waals surface area (Å²) < 4.78 is 0. The van der Waals surface area contributed by atoms with Crippen LogP contribution < -0.4 is 0 Å². The summed E-state index contributed by atoms with van der Waals surface area (Å²) in [5, 5.41) is 30.1. The molecule has 3 saturated carbocycles. The summed E-state index contributed by atoms with van der Waals surface area (Å²) in [6.07, 6.45) is 9.00. The Morgan fingerprint density at radius 1 is 1.13 bits per heavy atom. The zero-order valence-electron chi connectivity index (χ0n) is 19.6. The van der Waals surface area contributed by atoms with Gasteiger partial charge in [0.2, 0.25) is 0 Å². The van der Waals surface area contributed by atoms with Crippen LogP contribution in [0.2, 0.25) is 0 Å². The Labute approximate surface area is 186 Å². The van der Waals surface area contributed by atoms with Crippen molar-refractivity contribution in [1.29, 1.82) is 0 Å². The molecule has 7 atom stereocenters. The van der Waals surface area contributed by atoms with Crippen molar-refractivity contribution in [1.82, 2.24) is 0 Å². The predicted molar refractivity (Wildman–Crippen MR) is 122 cm³/mol. The fraction of sp³-hybridized carbons (Fsp3) is 0.840. The Hall–Kier alpha value is -1.40. The maximum absolute atomic E-state index is 11.6. The lowest BCUT2D eigenvalue weighted by Crippen LogP contribution is -2.57. The van der Waals surface area contributed by atoms with E-state index in [1.165, 1.54) is 5.57 Å². The summed E-state index contributed by atoms with van der Waals surface area (Å²) in [5.41, 5.74) is 3.25. The van der Waals surface area contributed by atoms with E-state index in [1.54, 1.807) is 0 Å². The van der Waals surface area contributed by atoms with Crippen LogP contribution in [0.15, 0.2) is 22.0 Å². The van der Waals surface area contributed by atoms with E-state index >= 15 is 0 Å². The van der Waals surface area contributed by atoms with E-state index in [1.807, 2.05) is 13.8 Å². The Bertz CT molecular complexity index is 763. The van der Waals surface area contributed by atoms with Gasteiger partial charge in [0.1, 0.15) is 13.2 Å². The molecule has 0 amide bonds. The number of allylic oxidation sites excluding steroid dienone is 2. The molecule has 4 aliphatic carbocycles. The van der Waals surface area contributed by atoms with E-state index in [9.17, 15) is 10.2 Å². The maximum Gasteiger partial charge on any atom is 0.114 e. The van der Waals surface area contributed by atoms with Gasteiger partial charge in [-0.3, -0.25) is 0 Å². The zero-order valence-corrected chi connectivity index (χ0v) is 19.6. The highest BCUT2D eigenvalue weighted by Gasteiger charge is 2.62. The van der Waals surface area contributed by atoms with Crippen molar-refractivity contribution in [2.75, 3.05) is 19.8 Å². The molecule has 0 heterocycles. The van der Waals surface area contributed by atoms with Crippen molar-refractivity contribution in [2.24, 2.45) is 44.8 Å². The molecule has 0 saturated heterocycles. The van der Waals surface area contributed by atoms with Crippen molar-refractivity contribution in [3.05, 3.63) is 11.6 Å². The van der Waals surface area contributed by atoms with Gasteiger partial charge in [-0.15, -0.1) is 0 Å². The van der Waals surface area contributed by atoms with Crippen molar-refractivity contribution >= 4 is 11.4 Å². The molecule has 0 radical (unpaired) electrons. The fourth-order valence-electron chi connectivity index (χ4n) is 7.82. The minimum atomic E-state index is -0.335. The molecule has 4 aliphatic rings. The highest BCUT2D eigenvalue weighted by atomic mass is 16.6. The van der Waals surface area contributed by atoms with Crippen molar-refractivity contribution in [2.45, 2.75) is 78.7 Å². The first-order valence-electron chi connectivity index (χ1n) is 12.3. The van der Waals surface area contributed by atoms with Gasteiger partial charge in [0.05, 0.1) is 24.1 Å². The van der Waals surface area contributed by atoms with Crippen LogP contribution in [0, 0.1) is 34.5 Å². The van der Waals surface area contributed by atoms with Gasteiger partial charge in [-0.05, 0) is 93.5 Å². The molecule has 0 bridgehead atoms. The molecule has 4 rings (SSSR count). The molecule has 6 heteroatoms. The average molecular weight is 433 g/mol. The third-order valence-electron chi connectivity index (χ3n) is 9.09. The summed E-state index contributed by atoms with van der Waals surface area (Å²) in [6.45, 7) is 9.61. The lowest BCUT2D eigenvalue weighted by Gasteiger charge is -2.60. The van der Waals surface area contributed by atoms with Crippen LogP contribution in [0.25, 0.3) is 0 Å². The number of nitrogens with zero attached hydrogens (tertiary/aromatic N) is 2. The van der Waals surface area contributed by atoms with E-state index in [0.29, 0.717) is 31.0 Å². The number of oxime groups is 2. The first-order valence-corrected chi connectivity index (χ1v) is 12.3. The Balaban J connectivity index is 1.62. The topological polar surface area (TPSA) is 83.6 Å². The van der Waals surface area contributed by atoms with Gasteiger partial charge in [-0.25, -0.2) is 0 Å². The van der Waals surface area contributed by atoms with Crippen molar-refractivity contribution in [3.8, 4) is 0 Å². The standard InChI is InChI=1S/C25H40N2O4/c1-5-30-26-17-11-12-24(3)16(13-17)7-8-18-19-9-10-20(21(15-28)27-31-6-2)25(19,4)14-22(29)23(18)24/h13,18-20,22-23,28-29H,5-12,14-15H2,1-4H3/b26-17+,27-21+. The van der Waals surface area contributed by atoms with Crippen LogP contribution in [0.5, 0.6) is 0 Å². The number of hydrogen-bond acceptors (Lipinski definition) is 6. The Morgan fingerprint density at radius 3 is 2.61 bits per heavy atom. The highest BCUT2D eigenvalue weighted by molar-refractivity contribution is 5.96. The number of aliphatic hydroxyl groups excluding tert-OH is 2. The van der Waals surface area contributed by atoms with Crippen LogP contribution in [-0.2, 0) is 9.68 Å². The van der Waals surface area contributed by atoms with Gasteiger partial charge in [-0.1, -0.05) is 29.7 Å². The molecule has 174 valence electrons. The summed E-state index contributed by atoms with van der Waals surface area (Å²) >= 11 is 0. The fourth-order valence-corrected chi connectivity index (χ4v) is 7.82. The minimum absolute atomic E-state index is 0.0339. The molecule has 7 unspecified atom stereocenters. The van der Waals surface area contributed by atoms with Gasteiger partial charge >= 0.3 is 0 Å². The van der Waals surface area contributed by atoms with Gasteiger partial charge in [-0.2, -0.15) is 0 Å². The van der Waals surface area contributed by atoms with E-state index in [0.717, 1.165) is 56.4 Å². The second kappa shape index (κ2) is 8.86. The van der Waals surface area contributed by atoms with Crippen LogP contribution in [-0.4, -0.2) is 47.6 Å². The van der Waals surface area contributed by atoms with Crippen LogP contribution >= 0.6 is 0 Å². The second-order valence-electron chi connectivity index (χ2n) is 10.5. The smallest absolute Gasteiger partial charge is 0.114 e. The highest BCUT2D eigenvalue weighted by Crippen LogP contribution is 2.66. The SMILES string of the molecule is CCO/N=C(\CO)C1CCC2C3CCC4=C/C(=N/OCC)CCC4(C)C3C(O)CC12C. The average Bonchev–Trinajstić information content (AvgIpc) is 3.09. The number of rotatable bonds is 6. The van der Waals surface area contributed by atoms with Crippen molar-refractivity contribution in [3.63, 3.8) is 0 Å².